The fourth-order valence-corrected chi connectivity index (χ4v) is 5.24. The first-order chi connectivity index (χ1) is 19.6. The van der Waals surface area contributed by atoms with Gasteiger partial charge >= 0.3 is 11.9 Å². The van der Waals surface area contributed by atoms with Crippen molar-refractivity contribution in [2.45, 2.75) is 40.2 Å². The molecule has 1 aromatic heterocycles. The number of benzene rings is 2. The highest BCUT2D eigenvalue weighted by Crippen LogP contribution is 2.46. The van der Waals surface area contributed by atoms with Crippen LogP contribution in [0.3, 0.4) is 0 Å². The summed E-state index contributed by atoms with van der Waals surface area (Å²) >= 11 is 0. The van der Waals surface area contributed by atoms with Gasteiger partial charge in [-0.2, -0.15) is 0 Å². The third-order valence-corrected chi connectivity index (χ3v) is 7.15. The predicted octanol–water partition coefficient (Wildman–Crippen LogP) is 4.98. The van der Waals surface area contributed by atoms with Crippen molar-refractivity contribution in [1.82, 2.24) is 4.73 Å². The Kier molecular flexibility index (Phi) is 7.32. The molecular weight excluding hydrogens is 526 g/mol. The minimum absolute atomic E-state index is 0.0699. The fourth-order valence-electron chi connectivity index (χ4n) is 5.24. The van der Waals surface area contributed by atoms with Gasteiger partial charge < -0.3 is 30.2 Å². The molecule has 3 aromatic rings. The Morgan fingerprint density at radius 2 is 1.80 bits per heavy atom. The van der Waals surface area contributed by atoms with Crippen molar-refractivity contribution in [3.8, 4) is 17.5 Å². The van der Waals surface area contributed by atoms with E-state index in [0.717, 1.165) is 52.3 Å². The standard InChI is InChI=1S/C31H31N3O7/c1-5-32-23-14-25-21(11-16(23)3)29(22-12-17(4)24(33-6-2)15-26(22)40-25)19-8-7-18(13-20(19)30(37)38)31(39)41-34-27(35)9-10-28(34)36/h7-14,26,32,35-36H,5-6,15H2,1-4H3,(H,37,38). The molecule has 5 rings (SSSR count). The zero-order valence-corrected chi connectivity index (χ0v) is 23.2. The summed E-state index contributed by atoms with van der Waals surface area (Å²) in [6.45, 7) is 9.31. The number of aryl methyl sites for hydroxylation is 1. The number of hydrogen-bond donors (Lipinski definition) is 4. The van der Waals surface area contributed by atoms with Crippen LogP contribution in [0.15, 0.2) is 64.7 Å². The number of carboxylic acid groups (broad SMARTS) is 1. The number of carbonyl (C=O) groups excluding carboxylic acids is 1. The summed E-state index contributed by atoms with van der Waals surface area (Å²) in [4.78, 5) is 35.2. The first kappa shape index (κ1) is 27.6. The summed E-state index contributed by atoms with van der Waals surface area (Å²) in [6.07, 6.45) is 2.16. The van der Waals surface area contributed by atoms with Crippen molar-refractivity contribution in [1.29, 1.82) is 0 Å². The quantitative estimate of drug-likeness (QED) is 0.319. The summed E-state index contributed by atoms with van der Waals surface area (Å²) in [5, 5.41) is 33.3. The lowest BCUT2D eigenvalue weighted by Gasteiger charge is -2.35. The number of aromatic nitrogens is 1. The molecule has 2 heterocycles. The van der Waals surface area contributed by atoms with Gasteiger partial charge in [0.05, 0.1) is 11.1 Å². The average molecular weight is 558 g/mol. The Hall–Kier alpha value is -4.99. The monoisotopic (exact) mass is 557 g/mol. The van der Waals surface area contributed by atoms with Crippen LogP contribution in [0.5, 0.6) is 17.5 Å². The molecule has 41 heavy (non-hydrogen) atoms. The van der Waals surface area contributed by atoms with E-state index in [1.54, 1.807) is 6.07 Å². The molecule has 1 aliphatic heterocycles. The fraction of sp³-hybridized carbons (Fsp3) is 0.258. The topological polar surface area (TPSA) is 143 Å². The number of ether oxygens (including phenoxy) is 1. The molecule has 0 spiro atoms. The van der Waals surface area contributed by atoms with Crippen LogP contribution in [-0.4, -0.2) is 56.9 Å². The van der Waals surface area contributed by atoms with Gasteiger partial charge in [-0.15, -0.1) is 4.73 Å². The molecule has 0 amide bonds. The lowest BCUT2D eigenvalue weighted by Crippen LogP contribution is -2.31. The van der Waals surface area contributed by atoms with Crippen LogP contribution in [0.1, 0.15) is 64.6 Å². The van der Waals surface area contributed by atoms with Gasteiger partial charge in [0.15, 0.2) is 0 Å². The number of carboxylic acids is 1. The van der Waals surface area contributed by atoms with Crippen LogP contribution < -0.4 is 14.9 Å². The van der Waals surface area contributed by atoms with Crippen molar-refractivity contribution in [2.75, 3.05) is 18.4 Å². The minimum Gasteiger partial charge on any atom is -0.492 e. The van der Waals surface area contributed by atoms with Gasteiger partial charge in [0.25, 0.3) is 0 Å². The number of fused-ring (bicyclic) bond motifs is 2. The molecule has 4 N–H and O–H groups in total. The maximum Gasteiger partial charge on any atom is 0.363 e. The number of carbonyl (C=O) groups is 2. The number of aromatic hydroxyl groups is 2. The van der Waals surface area contributed by atoms with Crippen LogP contribution in [0.2, 0.25) is 0 Å². The Balaban J connectivity index is 1.69. The number of anilines is 1. The summed E-state index contributed by atoms with van der Waals surface area (Å²) in [5.74, 6) is -2.54. The van der Waals surface area contributed by atoms with Crippen LogP contribution >= 0.6 is 0 Å². The molecule has 2 aliphatic rings. The number of rotatable bonds is 7. The van der Waals surface area contributed by atoms with E-state index in [9.17, 15) is 24.9 Å². The minimum atomic E-state index is -1.23. The SMILES string of the molecule is CCN=C1CC2Oc3cc(NCC)c(C)cc3C(c3ccc(C(=O)On4c(O)ccc4O)cc3C(=O)O)=C2C=C1C. The second kappa shape index (κ2) is 10.9. The number of allylic oxidation sites excluding steroid dienone is 1. The number of aliphatic imine (C=N–C) groups is 1. The third kappa shape index (κ3) is 5.04. The highest BCUT2D eigenvalue weighted by Gasteiger charge is 2.35. The highest BCUT2D eigenvalue weighted by atomic mass is 16.7. The van der Waals surface area contributed by atoms with Crippen LogP contribution in [0.25, 0.3) is 5.57 Å². The molecular formula is C31H31N3O7. The molecule has 1 unspecified atom stereocenters. The molecule has 10 heteroatoms. The highest BCUT2D eigenvalue weighted by molar-refractivity contribution is 6.06. The van der Waals surface area contributed by atoms with Gasteiger partial charge in [0, 0.05) is 65.8 Å². The summed E-state index contributed by atoms with van der Waals surface area (Å²) in [5.41, 5.74) is 6.34. The summed E-state index contributed by atoms with van der Waals surface area (Å²) in [7, 11) is 0. The van der Waals surface area contributed by atoms with E-state index in [1.807, 2.05) is 45.9 Å². The first-order valence-corrected chi connectivity index (χ1v) is 13.3. The van der Waals surface area contributed by atoms with Crippen molar-refractivity contribution in [3.05, 3.63) is 87.5 Å². The lowest BCUT2D eigenvalue weighted by molar-refractivity contribution is 0.0381. The summed E-state index contributed by atoms with van der Waals surface area (Å²) in [6, 6.07) is 10.5. The van der Waals surface area contributed by atoms with Gasteiger partial charge in [-0.3, -0.25) is 4.99 Å². The average Bonchev–Trinajstić information content (AvgIpc) is 3.25. The van der Waals surface area contributed by atoms with E-state index >= 15 is 0 Å². The molecule has 1 atom stereocenters. The maximum absolute atomic E-state index is 12.9. The molecule has 10 nitrogen and oxygen atoms in total. The van der Waals surface area contributed by atoms with Gasteiger partial charge in [-0.25, -0.2) is 9.59 Å². The van der Waals surface area contributed by atoms with Crippen molar-refractivity contribution in [3.63, 3.8) is 0 Å². The largest absolute Gasteiger partial charge is 0.492 e. The van der Waals surface area contributed by atoms with Gasteiger partial charge in [-0.05, 0) is 68.7 Å². The van der Waals surface area contributed by atoms with E-state index in [4.69, 9.17) is 9.57 Å². The Morgan fingerprint density at radius 3 is 2.46 bits per heavy atom. The maximum atomic E-state index is 12.9. The van der Waals surface area contributed by atoms with Crippen molar-refractivity contribution < 1.29 is 34.5 Å². The molecule has 0 saturated heterocycles. The molecule has 0 radical (unpaired) electrons. The second-order valence-corrected chi connectivity index (χ2v) is 9.87. The van der Waals surface area contributed by atoms with E-state index in [-0.39, 0.29) is 17.2 Å². The Labute approximate surface area is 236 Å². The van der Waals surface area contributed by atoms with Gasteiger partial charge in [0.1, 0.15) is 11.9 Å². The molecule has 2 aromatic carbocycles. The third-order valence-electron chi connectivity index (χ3n) is 7.15. The summed E-state index contributed by atoms with van der Waals surface area (Å²) < 4.78 is 7.05. The number of hydrogen-bond acceptors (Lipinski definition) is 8. The normalized spacial score (nSPS) is 16.9. The molecule has 212 valence electrons. The number of nitrogens with zero attached hydrogens (tertiary/aromatic N) is 2. The van der Waals surface area contributed by atoms with Gasteiger partial charge in [0.2, 0.25) is 11.8 Å². The Bertz CT molecular complexity index is 1640. The van der Waals surface area contributed by atoms with E-state index in [2.05, 4.69) is 10.3 Å². The zero-order chi connectivity index (χ0) is 29.4. The van der Waals surface area contributed by atoms with E-state index in [0.29, 0.717) is 34.6 Å². The van der Waals surface area contributed by atoms with Gasteiger partial charge in [-0.1, -0.05) is 6.07 Å². The van der Waals surface area contributed by atoms with Crippen molar-refractivity contribution >= 4 is 28.9 Å². The first-order valence-electron chi connectivity index (χ1n) is 13.3. The van der Waals surface area contributed by atoms with Crippen molar-refractivity contribution in [2.24, 2.45) is 4.99 Å². The lowest BCUT2D eigenvalue weighted by atomic mass is 9.80. The van der Waals surface area contributed by atoms with Crippen LogP contribution in [0, 0.1) is 6.92 Å². The number of nitrogens with one attached hydrogen (secondary N) is 1. The second-order valence-electron chi connectivity index (χ2n) is 9.87. The number of aromatic carboxylic acids is 1. The van der Waals surface area contributed by atoms with Crippen LogP contribution in [0.4, 0.5) is 5.69 Å². The smallest absolute Gasteiger partial charge is 0.363 e. The molecule has 0 saturated carbocycles. The Morgan fingerprint density at radius 1 is 1.07 bits per heavy atom. The zero-order valence-electron chi connectivity index (χ0n) is 23.2. The molecule has 1 aliphatic carbocycles. The van der Waals surface area contributed by atoms with Crippen LogP contribution in [-0.2, 0) is 0 Å². The molecule has 0 bridgehead atoms. The van der Waals surface area contributed by atoms with E-state index in [1.165, 1.54) is 12.1 Å². The van der Waals surface area contributed by atoms with E-state index < -0.39 is 23.7 Å². The predicted molar refractivity (Wildman–Crippen MR) is 154 cm³/mol. The molecule has 0 fully saturated rings.